The minimum Gasteiger partial charge on any atom is -0.355 e. The molecule has 0 aliphatic carbocycles. The smallest absolute Gasteiger partial charge is 0.207 e. The van der Waals surface area contributed by atoms with Crippen molar-refractivity contribution >= 4 is 22.3 Å². The Bertz CT molecular complexity index is 258. The van der Waals surface area contributed by atoms with Crippen LogP contribution in [0.5, 0.6) is 0 Å². The van der Waals surface area contributed by atoms with E-state index in [9.17, 15) is 4.79 Å². The van der Waals surface area contributed by atoms with Crippen molar-refractivity contribution in [2.45, 2.75) is 13.0 Å². The summed E-state index contributed by atoms with van der Waals surface area (Å²) < 4.78 is 0. The standard InChI is InChI=1S/C10H12BrNO/c11-6-5-9-1-3-10(4-2-9)7-12-8-13/h1-4,8H,5-7H2,(H,12,13). The number of halogens is 1. The number of aryl methyl sites for hydroxylation is 1. The first-order valence-electron chi connectivity index (χ1n) is 4.17. The molecule has 0 atom stereocenters. The zero-order valence-corrected chi connectivity index (χ0v) is 8.88. The summed E-state index contributed by atoms with van der Waals surface area (Å²) in [5.41, 5.74) is 2.44. The topological polar surface area (TPSA) is 29.1 Å². The lowest BCUT2D eigenvalue weighted by Crippen LogP contribution is -2.09. The molecule has 2 nitrogen and oxygen atoms in total. The molecule has 0 saturated carbocycles. The molecule has 0 fully saturated rings. The molecule has 0 unspecified atom stereocenters. The molecule has 1 aromatic carbocycles. The number of alkyl halides is 1. The van der Waals surface area contributed by atoms with Crippen molar-refractivity contribution in [3.05, 3.63) is 35.4 Å². The molecule has 0 aliphatic rings. The number of nitrogens with one attached hydrogen (secondary N) is 1. The van der Waals surface area contributed by atoms with Crippen molar-refractivity contribution in [3.63, 3.8) is 0 Å². The Kier molecular flexibility index (Phi) is 4.54. The second-order valence-corrected chi connectivity index (χ2v) is 3.55. The van der Waals surface area contributed by atoms with Crippen molar-refractivity contribution in [1.29, 1.82) is 0 Å². The third-order valence-electron chi connectivity index (χ3n) is 1.80. The monoisotopic (exact) mass is 241 g/mol. The molecule has 0 aromatic heterocycles. The van der Waals surface area contributed by atoms with Crippen LogP contribution in [0.2, 0.25) is 0 Å². The number of rotatable bonds is 5. The van der Waals surface area contributed by atoms with Crippen LogP contribution in [-0.4, -0.2) is 11.7 Å². The fourth-order valence-corrected chi connectivity index (χ4v) is 1.55. The third kappa shape index (κ3) is 3.59. The average Bonchev–Trinajstić information content (AvgIpc) is 2.17. The van der Waals surface area contributed by atoms with Crippen LogP contribution in [-0.2, 0) is 17.8 Å². The average molecular weight is 242 g/mol. The predicted octanol–water partition coefficient (Wildman–Crippen LogP) is 1.87. The lowest BCUT2D eigenvalue weighted by atomic mass is 10.1. The van der Waals surface area contributed by atoms with Gasteiger partial charge in [-0.05, 0) is 17.5 Å². The summed E-state index contributed by atoms with van der Waals surface area (Å²) in [4.78, 5) is 10.0. The van der Waals surface area contributed by atoms with E-state index in [1.54, 1.807) is 0 Å². The maximum Gasteiger partial charge on any atom is 0.207 e. The fraction of sp³-hybridized carbons (Fsp3) is 0.300. The van der Waals surface area contributed by atoms with Crippen LogP contribution < -0.4 is 5.32 Å². The quantitative estimate of drug-likeness (QED) is 0.619. The molecular weight excluding hydrogens is 230 g/mol. The zero-order valence-electron chi connectivity index (χ0n) is 7.29. The highest BCUT2D eigenvalue weighted by atomic mass is 79.9. The molecule has 0 heterocycles. The van der Waals surface area contributed by atoms with Crippen LogP contribution >= 0.6 is 15.9 Å². The number of hydrogen-bond acceptors (Lipinski definition) is 1. The number of amides is 1. The SMILES string of the molecule is O=CNCc1ccc(CCBr)cc1. The van der Waals surface area contributed by atoms with Gasteiger partial charge in [0.15, 0.2) is 0 Å². The normalized spacial score (nSPS) is 9.62. The third-order valence-corrected chi connectivity index (χ3v) is 2.19. The van der Waals surface area contributed by atoms with Gasteiger partial charge in [0.2, 0.25) is 6.41 Å². The Morgan fingerprint density at radius 3 is 2.38 bits per heavy atom. The Morgan fingerprint density at radius 2 is 1.85 bits per heavy atom. The van der Waals surface area contributed by atoms with E-state index < -0.39 is 0 Å². The van der Waals surface area contributed by atoms with Gasteiger partial charge in [-0.1, -0.05) is 40.2 Å². The van der Waals surface area contributed by atoms with Gasteiger partial charge < -0.3 is 5.32 Å². The first-order valence-corrected chi connectivity index (χ1v) is 5.30. The molecular formula is C10H12BrNO. The van der Waals surface area contributed by atoms with E-state index in [1.807, 2.05) is 12.1 Å². The van der Waals surface area contributed by atoms with Crippen molar-refractivity contribution in [2.24, 2.45) is 0 Å². The van der Waals surface area contributed by atoms with Crippen LogP contribution in [0.4, 0.5) is 0 Å². The van der Waals surface area contributed by atoms with E-state index in [4.69, 9.17) is 0 Å². The zero-order chi connectivity index (χ0) is 9.52. The molecule has 0 spiro atoms. The number of hydrogen-bond donors (Lipinski definition) is 1. The van der Waals surface area contributed by atoms with Gasteiger partial charge in [-0.25, -0.2) is 0 Å². The largest absolute Gasteiger partial charge is 0.355 e. The molecule has 13 heavy (non-hydrogen) atoms. The maximum absolute atomic E-state index is 10.0. The van der Waals surface area contributed by atoms with Crippen molar-refractivity contribution in [1.82, 2.24) is 5.32 Å². The van der Waals surface area contributed by atoms with E-state index in [2.05, 4.69) is 33.4 Å². The van der Waals surface area contributed by atoms with E-state index in [1.165, 1.54) is 5.56 Å². The fourth-order valence-electron chi connectivity index (χ4n) is 1.09. The minimum absolute atomic E-state index is 0.609. The summed E-state index contributed by atoms with van der Waals surface area (Å²) in [7, 11) is 0. The van der Waals surface area contributed by atoms with Gasteiger partial charge in [0.05, 0.1) is 0 Å². The highest BCUT2D eigenvalue weighted by Crippen LogP contribution is 2.05. The Balaban J connectivity index is 2.53. The highest BCUT2D eigenvalue weighted by Gasteiger charge is 1.93. The molecule has 70 valence electrons. The number of carbonyl (C=O) groups is 1. The second kappa shape index (κ2) is 5.75. The Labute approximate surface area is 86.5 Å². The van der Waals surface area contributed by atoms with E-state index >= 15 is 0 Å². The molecule has 3 heteroatoms. The van der Waals surface area contributed by atoms with Crippen LogP contribution in [0.3, 0.4) is 0 Å². The van der Waals surface area contributed by atoms with Gasteiger partial charge in [-0.15, -0.1) is 0 Å². The second-order valence-electron chi connectivity index (χ2n) is 2.75. The molecule has 1 amide bonds. The predicted molar refractivity (Wildman–Crippen MR) is 56.8 cm³/mol. The lowest BCUT2D eigenvalue weighted by Gasteiger charge is -2.01. The Morgan fingerprint density at radius 1 is 1.23 bits per heavy atom. The molecule has 0 radical (unpaired) electrons. The van der Waals surface area contributed by atoms with Crippen LogP contribution in [0.15, 0.2) is 24.3 Å². The van der Waals surface area contributed by atoms with Crippen molar-refractivity contribution in [2.75, 3.05) is 5.33 Å². The van der Waals surface area contributed by atoms with Crippen molar-refractivity contribution in [3.8, 4) is 0 Å². The minimum atomic E-state index is 0.609. The summed E-state index contributed by atoms with van der Waals surface area (Å²) in [6.07, 6.45) is 1.76. The molecule has 0 saturated heterocycles. The van der Waals surface area contributed by atoms with Gasteiger partial charge in [-0.3, -0.25) is 4.79 Å². The molecule has 1 N–H and O–H groups in total. The van der Waals surface area contributed by atoms with E-state index in [0.29, 0.717) is 13.0 Å². The molecule has 1 rings (SSSR count). The van der Waals surface area contributed by atoms with Gasteiger partial charge in [-0.2, -0.15) is 0 Å². The highest BCUT2D eigenvalue weighted by molar-refractivity contribution is 9.09. The summed E-state index contributed by atoms with van der Waals surface area (Å²) in [5.74, 6) is 0. The first-order chi connectivity index (χ1) is 6.36. The molecule has 0 aliphatic heterocycles. The van der Waals surface area contributed by atoms with E-state index in [-0.39, 0.29) is 0 Å². The molecule has 1 aromatic rings. The van der Waals surface area contributed by atoms with Gasteiger partial charge >= 0.3 is 0 Å². The van der Waals surface area contributed by atoms with Gasteiger partial charge in [0, 0.05) is 11.9 Å². The maximum atomic E-state index is 10.0. The summed E-state index contributed by atoms with van der Waals surface area (Å²) >= 11 is 3.39. The molecule has 0 bridgehead atoms. The van der Waals surface area contributed by atoms with Crippen molar-refractivity contribution < 1.29 is 4.79 Å². The van der Waals surface area contributed by atoms with Crippen LogP contribution in [0, 0.1) is 0 Å². The van der Waals surface area contributed by atoms with Gasteiger partial charge in [0.25, 0.3) is 0 Å². The first kappa shape index (κ1) is 10.3. The summed E-state index contributed by atoms with van der Waals surface area (Å²) in [6, 6.07) is 8.25. The lowest BCUT2D eigenvalue weighted by molar-refractivity contribution is -0.109. The van der Waals surface area contributed by atoms with Crippen LogP contribution in [0.25, 0.3) is 0 Å². The van der Waals surface area contributed by atoms with Crippen LogP contribution in [0.1, 0.15) is 11.1 Å². The summed E-state index contributed by atoms with van der Waals surface area (Å²) in [5, 5.41) is 3.61. The summed E-state index contributed by atoms with van der Waals surface area (Å²) in [6.45, 7) is 0.609. The van der Waals surface area contributed by atoms with E-state index in [0.717, 1.165) is 17.3 Å². The Hall–Kier alpha value is -0.830. The number of benzene rings is 1. The van der Waals surface area contributed by atoms with Gasteiger partial charge in [0.1, 0.15) is 0 Å². The number of carbonyl (C=O) groups excluding carboxylic acids is 1.